The van der Waals surface area contributed by atoms with Crippen LogP contribution in [0.25, 0.3) is 0 Å². The van der Waals surface area contributed by atoms with Crippen LogP contribution in [0.1, 0.15) is 30.6 Å². The summed E-state index contributed by atoms with van der Waals surface area (Å²) in [7, 11) is 0. The van der Waals surface area contributed by atoms with Crippen molar-refractivity contribution in [2.45, 2.75) is 20.3 Å². The minimum atomic E-state index is -0.390. The Morgan fingerprint density at radius 3 is 2.56 bits per heavy atom. The van der Waals surface area contributed by atoms with Crippen molar-refractivity contribution in [3.63, 3.8) is 0 Å². The van der Waals surface area contributed by atoms with Crippen LogP contribution < -0.4 is 0 Å². The minimum absolute atomic E-state index is 0.0835. The van der Waals surface area contributed by atoms with Gasteiger partial charge in [0.15, 0.2) is 0 Å². The Morgan fingerprint density at radius 1 is 1.33 bits per heavy atom. The van der Waals surface area contributed by atoms with Crippen molar-refractivity contribution in [2.24, 2.45) is 11.8 Å². The van der Waals surface area contributed by atoms with Gasteiger partial charge in [0, 0.05) is 13.1 Å². The van der Waals surface area contributed by atoms with Crippen LogP contribution in [0, 0.1) is 17.7 Å². The smallest absolute Gasteiger partial charge is 0.255 e. The number of nitrogens with zero attached hydrogens (tertiary/aromatic N) is 1. The quantitative estimate of drug-likeness (QED) is 0.774. The third-order valence-corrected chi connectivity index (χ3v) is 4.14. The van der Waals surface area contributed by atoms with Gasteiger partial charge in [0.2, 0.25) is 0 Å². The molecule has 2 atom stereocenters. The van der Waals surface area contributed by atoms with Gasteiger partial charge in [0.05, 0.1) is 10.0 Å². The van der Waals surface area contributed by atoms with E-state index in [1.807, 2.05) is 4.90 Å². The van der Waals surface area contributed by atoms with E-state index in [0.717, 1.165) is 19.5 Å². The Hall–Kier alpha value is -0.900. The van der Waals surface area contributed by atoms with E-state index in [2.05, 4.69) is 29.8 Å². The maximum absolute atomic E-state index is 13.4. The van der Waals surface area contributed by atoms with E-state index >= 15 is 0 Å². The van der Waals surface area contributed by atoms with Crippen LogP contribution in [-0.4, -0.2) is 23.9 Å². The molecular formula is C14H17BrFNO. The summed E-state index contributed by atoms with van der Waals surface area (Å²) in [6.45, 7) is 5.81. The van der Waals surface area contributed by atoms with Gasteiger partial charge in [0.1, 0.15) is 5.82 Å². The van der Waals surface area contributed by atoms with Crippen LogP contribution in [0.3, 0.4) is 0 Å². The van der Waals surface area contributed by atoms with Crippen molar-refractivity contribution in [3.05, 3.63) is 34.1 Å². The SMILES string of the molecule is CC1CC(C)CN(C(=O)c2cccc(F)c2Br)C1. The van der Waals surface area contributed by atoms with Crippen LogP contribution in [0.15, 0.2) is 22.7 Å². The molecule has 1 aliphatic rings. The highest BCUT2D eigenvalue weighted by atomic mass is 79.9. The van der Waals surface area contributed by atoms with Crippen molar-refractivity contribution in [3.8, 4) is 0 Å². The summed E-state index contributed by atoms with van der Waals surface area (Å²) >= 11 is 3.16. The lowest BCUT2D eigenvalue weighted by Gasteiger charge is -2.35. The maximum atomic E-state index is 13.4. The first-order valence-corrected chi connectivity index (χ1v) is 7.01. The molecule has 0 radical (unpaired) electrons. The number of carbonyl (C=O) groups excluding carboxylic acids is 1. The number of rotatable bonds is 1. The molecule has 1 aromatic rings. The van der Waals surface area contributed by atoms with Gasteiger partial charge < -0.3 is 4.90 Å². The number of benzene rings is 1. The second kappa shape index (κ2) is 5.39. The van der Waals surface area contributed by atoms with Crippen molar-refractivity contribution in [2.75, 3.05) is 13.1 Å². The molecule has 2 unspecified atom stereocenters. The van der Waals surface area contributed by atoms with Crippen molar-refractivity contribution in [1.29, 1.82) is 0 Å². The highest BCUT2D eigenvalue weighted by Gasteiger charge is 2.27. The lowest BCUT2D eigenvalue weighted by molar-refractivity contribution is 0.0621. The maximum Gasteiger partial charge on any atom is 0.255 e. The number of carbonyl (C=O) groups is 1. The molecule has 4 heteroatoms. The van der Waals surface area contributed by atoms with Crippen molar-refractivity contribution >= 4 is 21.8 Å². The average Bonchev–Trinajstić information content (AvgIpc) is 2.30. The molecule has 1 fully saturated rings. The highest BCUT2D eigenvalue weighted by molar-refractivity contribution is 9.10. The highest BCUT2D eigenvalue weighted by Crippen LogP contribution is 2.26. The number of halogens is 2. The van der Waals surface area contributed by atoms with Crippen molar-refractivity contribution in [1.82, 2.24) is 4.90 Å². The van der Waals surface area contributed by atoms with E-state index in [9.17, 15) is 9.18 Å². The van der Waals surface area contributed by atoms with E-state index in [0.29, 0.717) is 17.4 Å². The fraction of sp³-hybridized carbons (Fsp3) is 0.500. The molecule has 18 heavy (non-hydrogen) atoms. The van der Waals surface area contributed by atoms with E-state index in [1.54, 1.807) is 12.1 Å². The molecule has 0 bridgehead atoms. The fourth-order valence-electron chi connectivity index (χ4n) is 2.67. The molecule has 2 rings (SSSR count). The van der Waals surface area contributed by atoms with Crippen molar-refractivity contribution < 1.29 is 9.18 Å². The molecule has 0 aromatic heterocycles. The van der Waals surface area contributed by atoms with Gasteiger partial charge in [0.25, 0.3) is 5.91 Å². The minimum Gasteiger partial charge on any atom is -0.338 e. The summed E-state index contributed by atoms with van der Waals surface area (Å²) < 4.78 is 13.7. The zero-order valence-corrected chi connectivity index (χ0v) is 12.2. The molecule has 0 aliphatic carbocycles. The number of amides is 1. The van der Waals surface area contributed by atoms with Gasteiger partial charge in [-0.15, -0.1) is 0 Å². The van der Waals surface area contributed by atoms with Gasteiger partial charge in [-0.25, -0.2) is 4.39 Å². The Morgan fingerprint density at radius 2 is 1.94 bits per heavy atom. The molecular weight excluding hydrogens is 297 g/mol. The fourth-order valence-corrected chi connectivity index (χ4v) is 3.10. The first-order chi connectivity index (χ1) is 8.49. The Kier molecular flexibility index (Phi) is 4.05. The van der Waals surface area contributed by atoms with E-state index in [-0.39, 0.29) is 16.2 Å². The zero-order chi connectivity index (χ0) is 13.3. The van der Waals surface area contributed by atoms with Crippen LogP contribution >= 0.6 is 15.9 Å². The molecule has 1 amide bonds. The lowest BCUT2D eigenvalue weighted by Crippen LogP contribution is -2.42. The molecule has 1 heterocycles. The molecule has 0 spiro atoms. The molecule has 1 aliphatic heterocycles. The van der Waals surface area contributed by atoms with Gasteiger partial charge in [-0.2, -0.15) is 0 Å². The van der Waals surface area contributed by atoms with Gasteiger partial charge in [-0.1, -0.05) is 19.9 Å². The Bertz CT molecular complexity index is 453. The number of hydrogen-bond donors (Lipinski definition) is 0. The van der Waals surface area contributed by atoms with E-state index in [1.165, 1.54) is 6.07 Å². The number of likely N-dealkylation sites (tertiary alicyclic amines) is 1. The lowest BCUT2D eigenvalue weighted by atomic mass is 9.91. The van der Waals surface area contributed by atoms with Crippen LogP contribution in [0.2, 0.25) is 0 Å². The molecule has 1 saturated heterocycles. The zero-order valence-electron chi connectivity index (χ0n) is 10.6. The predicted octanol–water partition coefficient (Wildman–Crippen LogP) is 3.71. The summed E-state index contributed by atoms with van der Waals surface area (Å²) in [5, 5.41) is 0. The predicted molar refractivity (Wildman–Crippen MR) is 72.9 cm³/mol. The third kappa shape index (κ3) is 2.74. The van der Waals surface area contributed by atoms with E-state index in [4.69, 9.17) is 0 Å². The molecule has 98 valence electrons. The first-order valence-electron chi connectivity index (χ1n) is 6.22. The molecule has 1 aromatic carbocycles. The van der Waals surface area contributed by atoms with Gasteiger partial charge in [-0.3, -0.25) is 4.79 Å². The summed E-state index contributed by atoms with van der Waals surface area (Å²) in [4.78, 5) is 14.2. The topological polar surface area (TPSA) is 20.3 Å². The largest absolute Gasteiger partial charge is 0.338 e. The standard InChI is InChI=1S/C14H17BrFNO/c1-9-6-10(2)8-17(7-9)14(18)11-4-3-5-12(16)13(11)15/h3-5,9-10H,6-8H2,1-2H3. The van der Waals surface area contributed by atoms with Crippen LogP contribution in [0.4, 0.5) is 4.39 Å². The van der Waals surface area contributed by atoms with Gasteiger partial charge >= 0.3 is 0 Å². The summed E-state index contributed by atoms with van der Waals surface area (Å²) in [6, 6.07) is 4.59. The van der Waals surface area contributed by atoms with Crippen LogP contribution in [-0.2, 0) is 0 Å². The second-order valence-corrected chi connectivity index (χ2v) is 6.05. The van der Waals surface area contributed by atoms with E-state index < -0.39 is 0 Å². The Labute approximate surface area is 115 Å². The second-order valence-electron chi connectivity index (χ2n) is 5.26. The van der Waals surface area contributed by atoms with Gasteiger partial charge in [-0.05, 0) is 46.3 Å². The number of piperidine rings is 1. The van der Waals surface area contributed by atoms with Crippen LogP contribution in [0.5, 0.6) is 0 Å². The first kappa shape index (κ1) is 13.5. The molecule has 0 N–H and O–H groups in total. The monoisotopic (exact) mass is 313 g/mol. The Balaban J connectivity index is 2.23. The normalized spacial score (nSPS) is 24.1. The average molecular weight is 314 g/mol. The molecule has 2 nitrogen and oxygen atoms in total. The third-order valence-electron chi connectivity index (χ3n) is 3.34. The number of hydrogen-bond acceptors (Lipinski definition) is 1. The summed E-state index contributed by atoms with van der Waals surface area (Å²) in [6.07, 6.45) is 1.15. The molecule has 0 saturated carbocycles. The summed E-state index contributed by atoms with van der Waals surface area (Å²) in [5.41, 5.74) is 0.413. The summed E-state index contributed by atoms with van der Waals surface area (Å²) in [5.74, 6) is 0.536.